The zero-order valence-electron chi connectivity index (χ0n) is 14.2. The number of benzene rings is 2. The van der Waals surface area contributed by atoms with Crippen LogP contribution < -0.4 is 10.1 Å². The van der Waals surface area contributed by atoms with E-state index < -0.39 is 30.5 Å². The van der Waals surface area contributed by atoms with Crippen LogP contribution in [0.25, 0.3) is 0 Å². The molecule has 0 saturated heterocycles. The molecule has 0 aromatic heterocycles. The molecule has 2 aromatic rings. The molecule has 1 amide bonds. The van der Waals surface area contributed by atoms with Crippen molar-refractivity contribution in [3.63, 3.8) is 0 Å². The molecule has 0 bridgehead atoms. The Morgan fingerprint density at radius 2 is 2.15 bits per heavy atom. The Labute approximate surface area is 160 Å². The van der Waals surface area contributed by atoms with Crippen molar-refractivity contribution in [1.82, 2.24) is 0 Å². The summed E-state index contributed by atoms with van der Waals surface area (Å²) in [5, 5.41) is 21.3. The van der Waals surface area contributed by atoms with Crippen LogP contribution in [0.3, 0.4) is 0 Å². The van der Waals surface area contributed by atoms with Crippen molar-refractivity contribution in [2.24, 2.45) is 0 Å². The Hall–Kier alpha value is -3.08. The molecule has 27 heavy (non-hydrogen) atoms. The molecule has 7 nitrogen and oxygen atoms in total. The van der Waals surface area contributed by atoms with Gasteiger partial charge in [-0.1, -0.05) is 23.7 Å². The molecule has 138 valence electrons. The number of methoxy groups -OCH3 is 1. The number of amides is 1. The van der Waals surface area contributed by atoms with E-state index in [2.05, 4.69) is 5.32 Å². The number of anilines is 1. The van der Waals surface area contributed by atoms with E-state index in [0.717, 1.165) is 0 Å². The van der Waals surface area contributed by atoms with Gasteiger partial charge in [-0.25, -0.2) is 0 Å². The zero-order chi connectivity index (χ0) is 19.6. The minimum atomic E-state index is -1.23. The van der Waals surface area contributed by atoms with Crippen LogP contribution in [0.15, 0.2) is 36.4 Å². The van der Waals surface area contributed by atoms with Crippen molar-refractivity contribution < 1.29 is 24.2 Å². The van der Waals surface area contributed by atoms with Crippen LogP contribution in [0.1, 0.15) is 29.2 Å². The van der Waals surface area contributed by atoms with E-state index in [1.807, 2.05) is 6.07 Å². The van der Waals surface area contributed by atoms with Gasteiger partial charge in [0.2, 0.25) is 0 Å². The molecular weight excluding hydrogens is 372 g/mol. The lowest BCUT2D eigenvalue weighted by Gasteiger charge is -2.22. The number of rotatable bonds is 4. The maximum atomic E-state index is 12.4. The number of nitrogens with zero attached hydrogens (tertiary/aromatic N) is 1. The number of hydrogen-bond acceptors (Lipinski definition) is 5. The SMILES string of the molecule is COc1cccc([C@H]2O[C@H](CC(=O)O)C(=O)Nc3ccc(C#N)cc32)c1Cl. The molecule has 0 unspecified atom stereocenters. The first-order valence-corrected chi connectivity index (χ1v) is 8.37. The highest BCUT2D eigenvalue weighted by Crippen LogP contribution is 2.41. The predicted molar refractivity (Wildman–Crippen MR) is 96.8 cm³/mol. The van der Waals surface area contributed by atoms with E-state index >= 15 is 0 Å². The van der Waals surface area contributed by atoms with Gasteiger partial charge in [0.1, 0.15) is 18.0 Å². The standard InChI is InChI=1S/C19H15ClN2O5/c1-26-14-4-2-3-11(17(14)20)18-12-7-10(9-21)5-6-13(12)22-19(25)15(27-18)8-16(23)24/h2-7,15,18H,8H2,1H3,(H,22,25)(H,23,24)/t15-,18-/m1/s1. The minimum absolute atomic E-state index is 0.279. The summed E-state index contributed by atoms with van der Waals surface area (Å²) in [5.74, 6) is -1.34. The Bertz CT molecular complexity index is 954. The lowest BCUT2D eigenvalue weighted by molar-refractivity contribution is -0.146. The molecular formula is C19H15ClN2O5. The number of carbonyl (C=O) groups excluding carboxylic acids is 1. The normalized spacial score (nSPS) is 18.6. The second-order valence-electron chi connectivity index (χ2n) is 5.87. The van der Waals surface area contributed by atoms with Gasteiger partial charge in [-0.05, 0) is 24.3 Å². The van der Waals surface area contributed by atoms with Crippen molar-refractivity contribution in [2.45, 2.75) is 18.6 Å². The van der Waals surface area contributed by atoms with E-state index in [1.165, 1.54) is 7.11 Å². The summed E-state index contributed by atoms with van der Waals surface area (Å²) in [6, 6.07) is 11.8. The summed E-state index contributed by atoms with van der Waals surface area (Å²) in [6.07, 6.45) is -2.60. The summed E-state index contributed by atoms with van der Waals surface area (Å²) >= 11 is 6.43. The average molecular weight is 387 g/mol. The van der Waals surface area contributed by atoms with Gasteiger partial charge in [-0.3, -0.25) is 9.59 Å². The van der Waals surface area contributed by atoms with Crippen LogP contribution in [0.2, 0.25) is 5.02 Å². The first-order valence-electron chi connectivity index (χ1n) is 7.99. The predicted octanol–water partition coefficient (Wildman–Crippen LogP) is 3.12. The van der Waals surface area contributed by atoms with Gasteiger partial charge in [0.15, 0.2) is 0 Å². The quantitative estimate of drug-likeness (QED) is 0.835. The van der Waals surface area contributed by atoms with Gasteiger partial charge in [-0.2, -0.15) is 5.26 Å². The number of hydrogen-bond donors (Lipinski definition) is 2. The van der Waals surface area contributed by atoms with Gasteiger partial charge in [0, 0.05) is 16.8 Å². The van der Waals surface area contributed by atoms with Gasteiger partial charge in [0.05, 0.1) is 30.2 Å². The molecule has 2 atom stereocenters. The van der Waals surface area contributed by atoms with Gasteiger partial charge in [0.25, 0.3) is 5.91 Å². The molecule has 0 aliphatic carbocycles. The first kappa shape index (κ1) is 18.7. The number of carboxylic acids is 1. The van der Waals surface area contributed by atoms with Crippen molar-refractivity contribution >= 4 is 29.2 Å². The lowest BCUT2D eigenvalue weighted by Crippen LogP contribution is -2.31. The molecule has 1 aliphatic rings. The Morgan fingerprint density at radius 1 is 1.37 bits per heavy atom. The molecule has 0 spiro atoms. The minimum Gasteiger partial charge on any atom is -0.495 e. The number of carboxylic acid groups (broad SMARTS) is 1. The molecule has 0 fully saturated rings. The summed E-state index contributed by atoms with van der Waals surface area (Å²) in [5.41, 5.74) is 1.80. The van der Waals surface area contributed by atoms with Crippen LogP contribution >= 0.6 is 11.6 Å². The van der Waals surface area contributed by atoms with E-state index in [1.54, 1.807) is 36.4 Å². The highest BCUT2D eigenvalue weighted by molar-refractivity contribution is 6.33. The summed E-state index contributed by atoms with van der Waals surface area (Å²) in [7, 11) is 1.47. The number of nitriles is 1. The highest BCUT2D eigenvalue weighted by atomic mass is 35.5. The molecule has 3 rings (SSSR count). The van der Waals surface area contributed by atoms with Gasteiger partial charge in [-0.15, -0.1) is 0 Å². The second-order valence-corrected chi connectivity index (χ2v) is 6.25. The average Bonchev–Trinajstić information content (AvgIpc) is 2.78. The zero-order valence-corrected chi connectivity index (χ0v) is 15.0. The molecule has 2 N–H and O–H groups in total. The Morgan fingerprint density at radius 3 is 2.81 bits per heavy atom. The number of nitrogens with one attached hydrogen (secondary N) is 1. The fourth-order valence-electron chi connectivity index (χ4n) is 2.90. The molecule has 0 saturated carbocycles. The third kappa shape index (κ3) is 3.72. The van der Waals surface area contributed by atoms with Crippen LogP contribution in [-0.2, 0) is 14.3 Å². The highest BCUT2D eigenvalue weighted by Gasteiger charge is 2.34. The largest absolute Gasteiger partial charge is 0.495 e. The van der Waals surface area contributed by atoms with Crippen molar-refractivity contribution in [1.29, 1.82) is 5.26 Å². The smallest absolute Gasteiger partial charge is 0.306 e. The van der Waals surface area contributed by atoms with E-state index in [0.29, 0.717) is 28.1 Å². The van der Waals surface area contributed by atoms with Crippen LogP contribution in [-0.4, -0.2) is 30.2 Å². The molecule has 8 heteroatoms. The van der Waals surface area contributed by atoms with Crippen LogP contribution in [0.5, 0.6) is 5.75 Å². The summed E-state index contributed by atoms with van der Waals surface area (Å²) in [6.45, 7) is 0. The van der Waals surface area contributed by atoms with Crippen molar-refractivity contribution in [3.05, 3.63) is 58.1 Å². The Balaban J connectivity index is 2.18. The van der Waals surface area contributed by atoms with Crippen molar-refractivity contribution in [2.75, 3.05) is 12.4 Å². The van der Waals surface area contributed by atoms with Crippen LogP contribution in [0, 0.1) is 11.3 Å². The second kappa shape index (κ2) is 7.66. The van der Waals surface area contributed by atoms with Gasteiger partial charge >= 0.3 is 5.97 Å². The first-order chi connectivity index (χ1) is 12.9. The van der Waals surface area contributed by atoms with E-state index in [9.17, 15) is 14.9 Å². The van der Waals surface area contributed by atoms with E-state index in [-0.39, 0.29) is 5.02 Å². The van der Waals surface area contributed by atoms with E-state index in [4.69, 9.17) is 26.2 Å². The topological polar surface area (TPSA) is 109 Å². The molecule has 1 aliphatic heterocycles. The fourth-order valence-corrected chi connectivity index (χ4v) is 3.21. The maximum absolute atomic E-state index is 12.4. The Kier molecular flexibility index (Phi) is 5.31. The fraction of sp³-hybridized carbons (Fsp3) is 0.211. The number of carbonyl (C=O) groups is 2. The summed E-state index contributed by atoms with van der Waals surface area (Å²) in [4.78, 5) is 23.6. The monoisotopic (exact) mass is 386 g/mol. The van der Waals surface area contributed by atoms with Gasteiger partial charge < -0.3 is 19.9 Å². The number of fused-ring (bicyclic) bond motifs is 1. The third-order valence-corrected chi connectivity index (χ3v) is 4.57. The molecule has 0 radical (unpaired) electrons. The maximum Gasteiger partial charge on any atom is 0.306 e. The number of halogens is 1. The van der Waals surface area contributed by atoms with Crippen LogP contribution in [0.4, 0.5) is 5.69 Å². The number of ether oxygens (including phenoxy) is 2. The summed E-state index contributed by atoms with van der Waals surface area (Å²) < 4.78 is 11.1. The number of aliphatic carboxylic acids is 1. The molecule has 2 aromatic carbocycles. The lowest BCUT2D eigenvalue weighted by atomic mass is 9.97. The third-order valence-electron chi connectivity index (χ3n) is 4.17. The van der Waals surface area contributed by atoms with Crippen molar-refractivity contribution in [3.8, 4) is 11.8 Å². The molecule has 1 heterocycles.